The van der Waals surface area contributed by atoms with Crippen molar-refractivity contribution in [3.63, 3.8) is 0 Å². The van der Waals surface area contributed by atoms with Crippen molar-refractivity contribution in [1.29, 1.82) is 0 Å². The lowest BCUT2D eigenvalue weighted by Crippen LogP contribution is -2.33. The molecule has 0 aromatic heterocycles. The third-order valence-corrected chi connectivity index (χ3v) is 3.34. The van der Waals surface area contributed by atoms with Crippen LogP contribution in [0.3, 0.4) is 0 Å². The first kappa shape index (κ1) is 15.2. The summed E-state index contributed by atoms with van der Waals surface area (Å²) in [6.45, 7) is 2.91. The molecule has 3 N–H and O–H groups in total. The molecule has 0 saturated carbocycles. The van der Waals surface area contributed by atoms with Gasteiger partial charge in [-0.05, 0) is 37.3 Å². The van der Waals surface area contributed by atoms with Crippen LogP contribution in [-0.4, -0.2) is 19.0 Å². The Morgan fingerprint density at radius 2 is 2.00 bits per heavy atom. The van der Waals surface area contributed by atoms with Gasteiger partial charge in [-0.15, -0.1) is 0 Å². The lowest BCUT2D eigenvalue weighted by Gasteiger charge is -2.23. The molecule has 2 aromatic rings. The van der Waals surface area contributed by atoms with Crippen LogP contribution in [0.5, 0.6) is 0 Å². The summed E-state index contributed by atoms with van der Waals surface area (Å²) in [4.78, 5) is 14.1. The molecular formula is C16H18ClN3O. The molecule has 0 aliphatic carbocycles. The monoisotopic (exact) mass is 303 g/mol. The average molecular weight is 304 g/mol. The number of hydrogen-bond acceptors (Lipinski definition) is 3. The highest BCUT2D eigenvalue weighted by molar-refractivity contribution is 6.30. The Labute approximate surface area is 129 Å². The first-order chi connectivity index (χ1) is 10.1. The summed E-state index contributed by atoms with van der Waals surface area (Å²) in [6, 6.07) is 14.6. The molecule has 2 aromatic carbocycles. The smallest absolute Gasteiger partial charge is 0.243 e. The molecule has 1 amide bonds. The second-order valence-corrected chi connectivity index (χ2v) is 5.07. The first-order valence-electron chi connectivity index (χ1n) is 6.75. The van der Waals surface area contributed by atoms with Gasteiger partial charge in [-0.3, -0.25) is 4.79 Å². The molecule has 110 valence electrons. The fraction of sp³-hybridized carbons (Fsp3) is 0.188. The third kappa shape index (κ3) is 4.13. The van der Waals surface area contributed by atoms with Gasteiger partial charge in [0.25, 0.3) is 0 Å². The molecular weight excluding hydrogens is 286 g/mol. The predicted molar refractivity (Wildman–Crippen MR) is 88.8 cm³/mol. The van der Waals surface area contributed by atoms with Gasteiger partial charge in [-0.1, -0.05) is 29.8 Å². The molecule has 5 heteroatoms. The van der Waals surface area contributed by atoms with Gasteiger partial charge >= 0.3 is 0 Å². The number of nitrogens with one attached hydrogen (secondary N) is 1. The second kappa shape index (κ2) is 6.99. The summed E-state index contributed by atoms with van der Waals surface area (Å²) in [5.74, 6) is -0.109. The number of nitrogen functional groups attached to an aromatic ring is 1. The predicted octanol–water partition coefficient (Wildman–Crippen LogP) is 3.39. The molecule has 0 atom stereocenters. The van der Waals surface area contributed by atoms with E-state index < -0.39 is 0 Å². The van der Waals surface area contributed by atoms with Crippen molar-refractivity contribution in [2.45, 2.75) is 6.92 Å². The van der Waals surface area contributed by atoms with Crippen molar-refractivity contribution in [3.8, 4) is 0 Å². The molecule has 4 nitrogen and oxygen atoms in total. The fourth-order valence-corrected chi connectivity index (χ4v) is 2.27. The number of carbonyl (C=O) groups is 1. The van der Waals surface area contributed by atoms with E-state index in [2.05, 4.69) is 5.32 Å². The summed E-state index contributed by atoms with van der Waals surface area (Å²) < 4.78 is 0. The Balaban J connectivity index is 2.05. The highest BCUT2D eigenvalue weighted by atomic mass is 35.5. The summed E-state index contributed by atoms with van der Waals surface area (Å²) in [5.41, 5.74) is 8.16. The normalized spacial score (nSPS) is 10.2. The van der Waals surface area contributed by atoms with Crippen molar-refractivity contribution in [2.75, 3.05) is 29.0 Å². The Bertz CT molecular complexity index is 630. The molecule has 0 saturated heterocycles. The zero-order valence-corrected chi connectivity index (χ0v) is 12.6. The van der Waals surface area contributed by atoms with Crippen LogP contribution < -0.4 is 16.0 Å². The van der Waals surface area contributed by atoms with Crippen LogP contribution in [0.25, 0.3) is 0 Å². The minimum absolute atomic E-state index is 0.109. The molecule has 0 heterocycles. The van der Waals surface area contributed by atoms with E-state index in [1.807, 2.05) is 36.1 Å². The maximum absolute atomic E-state index is 12.1. The van der Waals surface area contributed by atoms with E-state index in [-0.39, 0.29) is 12.5 Å². The molecule has 21 heavy (non-hydrogen) atoms. The van der Waals surface area contributed by atoms with Gasteiger partial charge in [0.15, 0.2) is 0 Å². The zero-order valence-electron chi connectivity index (χ0n) is 11.8. The highest BCUT2D eigenvalue weighted by Gasteiger charge is 2.12. The minimum Gasteiger partial charge on any atom is -0.397 e. The molecule has 0 aliphatic heterocycles. The number of rotatable bonds is 5. The number of para-hydroxylation sites is 2. The Morgan fingerprint density at radius 3 is 2.67 bits per heavy atom. The topological polar surface area (TPSA) is 58.4 Å². The Hall–Kier alpha value is -2.20. The van der Waals surface area contributed by atoms with E-state index in [4.69, 9.17) is 17.3 Å². The zero-order chi connectivity index (χ0) is 15.2. The number of benzene rings is 2. The second-order valence-electron chi connectivity index (χ2n) is 4.63. The van der Waals surface area contributed by atoms with E-state index in [0.29, 0.717) is 22.9 Å². The number of likely N-dealkylation sites (N-methyl/N-ethyl adjacent to an activating group) is 1. The lowest BCUT2D eigenvalue weighted by atomic mass is 10.2. The maximum atomic E-state index is 12.1. The van der Waals surface area contributed by atoms with Gasteiger partial charge in [0.2, 0.25) is 5.91 Å². The van der Waals surface area contributed by atoms with Crippen LogP contribution in [0.15, 0.2) is 48.5 Å². The van der Waals surface area contributed by atoms with E-state index >= 15 is 0 Å². The molecule has 0 unspecified atom stereocenters. The molecule has 2 rings (SSSR count). The van der Waals surface area contributed by atoms with Crippen molar-refractivity contribution in [3.05, 3.63) is 53.6 Å². The number of halogens is 1. The minimum atomic E-state index is -0.109. The maximum Gasteiger partial charge on any atom is 0.243 e. The highest BCUT2D eigenvalue weighted by Crippen LogP contribution is 2.22. The van der Waals surface area contributed by atoms with E-state index in [1.165, 1.54) is 0 Å². The fourth-order valence-electron chi connectivity index (χ4n) is 2.08. The van der Waals surface area contributed by atoms with Crippen LogP contribution in [0.4, 0.5) is 17.1 Å². The van der Waals surface area contributed by atoms with Gasteiger partial charge in [0.1, 0.15) is 0 Å². The SMILES string of the molecule is CCN(CC(=O)Nc1cccc(Cl)c1)c1ccccc1N. The van der Waals surface area contributed by atoms with Crippen molar-refractivity contribution in [1.82, 2.24) is 0 Å². The van der Waals surface area contributed by atoms with Crippen molar-refractivity contribution < 1.29 is 4.79 Å². The van der Waals surface area contributed by atoms with E-state index in [0.717, 1.165) is 5.69 Å². The summed E-state index contributed by atoms with van der Waals surface area (Å²) in [7, 11) is 0. The molecule has 0 aliphatic rings. The molecule has 0 radical (unpaired) electrons. The Morgan fingerprint density at radius 1 is 1.24 bits per heavy atom. The third-order valence-electron chi connectivity index (χ3n) is 3.10. The number of nitrogens with zero attached hydrogens (tertiary/aromatic N) is 1. The van der Waals surface area contributed by atoms with Gasteiger partial charge in [-0.2, -0.15) is 0 Å². The van der Waals surface area contributed by atoms with Crippen molar-refractivity contribution >= 4 is 34.6 Å². The molecule has 0 fully saturated rings. The van der Waals surface area contributed by atoms with Gasteiger partial charge in [-0.25, -0.2) is 0 Å². The van der Waals surface area contributed by atoms with Gasteiger partial charge < -0.3 is 16.0 Å². The van der Waals surface area contributed by atoms with Gasteiger partial charge in [0.05, 0.1) is 17.9 Å². The number of amides is 1. The standard InChI is InChI=1S/C16H18ClN3O/c1-2-20(15-9-4-3-8-14(15)18)11-16(21)19-13-7-5-6-12(17)10-13/h3-10H,2,11,18H2,1H3,(H,19,21). The van der Waals surface area contributed by atoms with E-state index in [1.54, 1.807) is 24.3 Å². The van der Waals surface area contributed by atoms with E-state index in [9.17, 15) is 4.79 Å². The summed E-state index contributed by atoms with van der Waals surface area (Å²) >= 11 is 5.90. The first-order valence-corrected chi connectivity index (χ1v) is 7.13. The number of hydrogen-bond donors (Lipinski definition) is 2. The lowest BCUT2D eigenvalue weighted by molar-refractivity contribution is -0.115. The van der Waals surface area contributed by atoms with Crippen LogP contribution >= 0.6 is 11.6 Å². The molecule has 0 bridgehead atoms. The Kier molecular flexibility index (Phi) is 5.06. The summed E-state index contributed by atoms with van der Waals surface area (Å²) in [6.07, 6.45) is 0. The number of carbonyl (C=O) groups excluding carboxylic acids is 1. The average Bonchev–Trinajstić information content (AvgIpc) is 2.45. The summed E-state index contributed by atoms with van der Waals surface area (Å²) in [5, 5.41) is 3.42. The largest absolute Gasteiger partial charge is 0.397 e. The van der Waals surface area contributed by atoms with Gasteiger partial charge in [0, 0.05) is 17.3 Å². The van der Waals surface area contributed by atoms with Crippen LogP contribution in [0, 0.1) is 0 Å². The van der Waals surface area contributed by atoms with Crippen LogP contribution in [-0.2, 0) is 4.79 Å². The molecule has 0 spiro atoms. The quantitative estimate of drug-likeness (QED) is 0.832. The van der Waals surface area contributed by atoms with Crippen molar-refractivity contribution in [2.24, 2.45) is 0 Å². The number of anilines is 3. The number of nitrogens with two attached hydrogens (primary N) is 1. The van der Waals surface area contributed by atoms with Crippen LogP contribution in [0.1, 0.15) is 6.92 Å². The van der Waals surface area contributed by atoms with Crippen LogP contribution in [0.2, 0.25) is 5.02 Å².